The third-order valence-corrected chi connectivity index (χ3v) is 5.16. The summed E-state index contributed by atoms with van der Waals surface area (Å²) in [5.74, 6) is -0.0512. The van der Waals surface area contributed by atoms with Crippen LogP contribution in [0.1, 0.15) is 27.5 Å². The zero-order chi connectivity index (χ0) is 17.4. The van der Waals surface area contributed by atoms with Crippen molar-refractivity contribution in [2.75, 3.05) is 32.0 Å². The molecule has 1 N–H and O–H groups in total. The molecule has 0 radical (unpaired) electrons. The van der Waals surface area contributed by atoms with Gasteiger partial charge in [0.05, 0.1) is 6.04 Å². The van der Waals surface area contributed by atoms with Crippen molar-refractivity contribution in [3.8, 4) is 0 Å². The first-order chi connectivity index (χ1) is 12.2. The summed E-state index contributed by atoms with van der Waals surface area (Å²) in [6, 6.07) is 15.6. The van der Waals surface area contributed by atoms with Gasteiger partial charge in [-0.2, -0.15) is 0 Å². The van der Waals surface area contributed by atoms with Crippen molar-refractivity contribution in [3.63, 3.8) is 0 Å². The van der Waals surface area contributed by atoms with Crippen molar-refractivity contribution in [2.45, 2.75) is 12.5 Å². The molecule has 1 unspecified atom stereocenters. The smallest absolute Gasteiger partial charge is 0.254 e. The maximum atomic E-state index is 12.9. The predicted molar refractivity (Wildman–Crippen MR) is 96.5 cm³/mol. The van der Waals surface area contributed by atoms with Crippen LogP contribution in [0.25, 0.3) is 0 Å². The molecule has 0 saturated carbocycles. The van der Waals surface area contributed by atoms with E-state index in [1.165, 1.54) is 11.1 Å². The van der Waals surface area contributed by atoms with Gasteiger partial charge in [0.2, 0.25) is 5.91 Å². The van der Waals surface area contributed by atoms with Gasteiger partial charge in [-0.25, -0.2) is 0 Å². The Bertz CT molecular complexity index is 816. The number of carbonyl (C=O) groups is 2. The fourth-order valence-electron chi connectivity index (χ4n) is 3.79. The fourth-order valence-corrected chi connectivity index (χ4v) is 3.79. The quantitative estimate of drug-likeness (QED) is 0.916. The van der Waals surface area contributed by atoms with E-state index in [2.05, 4.69) is 17.4 Å². The molecule has 0 spiro atoms. The van der Waals surface area contributed by atoms with Gasteiger partial charge >= 0.3 is 0 Å². The highest BCUT2D eigenvalue weighted by atomic mass is 16.2. The van der Waals surface area contributed by atoms with Gasteiger partial charge in [-0.05, 0) is 41.8 Å². The van der Waals surface area contributed by atoms with Crippen LogP contribution in [0.2, 0.25) is 0 Å². The Hall–Kier alpha value is -2.82. The zero-order valence-electron chi connectivity index (χ0n) is 14.2. The van der Waals surface area contributed by atoms with Gasteiger partial charge < -0.3 is 15.1 Å². The van der Waals surface area contributed by atoms with Gasteiger partial charge in [-0.3, -0.25) is 9.59 Å². The first-order valence-corrected chi connectivity index (χ1v) is 8.62. The fraction of sp³-hybridized carbons (Fsp3) is 0.300. The number of benzene rings is 2. The number of nitrogens with zero attached hydrogens (tertiary/aromatic N) is 2. The molecule has 1 saturated heterocycles. The Morgan fingerprint density at radius 2 is 1.88 bits per heavy atom. The number of rotatable bonds is 2. The molecule has 0 aromatic heterocycles. The molecule has 1 atom stereocenters. The average Bonchev–Trinajstić information content (AvgIpc) is 2.67. The standard InChI is InChI=1S/C20H21N3O2/c1-21-16-8-6-15(7-9-16)20(25)22-12-18-17-5-3-2-4-14(17)10-11-23(18)19(24)13-22/h2-9,18,21H,10-13H2,1H3. The lowest BCUT2D eigenvalue weighted by Gasteiger charge is -2.44. The van der Waals surface area contributed by atoms with Gasteiger partial charge in [0.25, 0.3) is 5.91 Å². The minimum Gasteiger partial charge on any atom is -0.388 e. The molecule has 2 aromatic rings. The number of nitrogens with one attached hydrogen (secondary N) is 1. The number of carbonyl (C=O) groups excluding carboxylic acids is 2. The van der Waals surface area contributed by atoms with Crippen LogP contribution in [0, 0.1) is 0 Å². The highest BCUT2D eigenvalue weighted by Gasteiger charge is 2.38. The Morgan fingerprint density at radius 1 is 1.12 bits per heavy atom. The van der Waals surface area contributed by atoms with E-state index in [4.69, 9.17) is 0 Å². The monoisotopic (exact) mass is 335 g/mol. The third kappa shape index (κ3) is 2.76. The molecule has 2 aliphatic rings. The molecule has 2 aliphatic heterocycles. The summed E-state index contributed by atoms with van der Waals surface area (Å²) in [4.78, 5) is 29.1. The number of hydrogen-bond donors (Lipinski definition) is 1. The van der Waals surface area contributed by atoms with E-state index in [0.29, 0.717) is 12.1 Å². The van der Waals surface area contributed by atoms with Gasteiger partial charge in [0.1, 0.15) is 6.54 Å². The lowest BCUT2D eigenvalue weighted by atomic mass is 9.90. The number of anilines is 1. The minimum atomic E-state index is -0.0845. The van der Waals surface area contributed by atoms with Gasteiger partial charge in [-0.1, -0.05) is 24.3 Å². The first kappa shape index (κ1) is 15.7. The summed E-state index contributed by atoms with van der Waals surface area (Å²) in [6.07, 6.45) is 0.887. The molecule has 1 fully saturated rings. The Morgan fingerprint density at radius 3 is 2.64 bits per heavy atom. The van der Waals surface area contributed by atoms with Crippen LogP contribution in [0.5, 0.6) is 0 Å². The van der Waals surface area contributed by atoms with Crippen molar-refractivity contribution < 1.29 is 9.59 Å². The SMILES string of the molecule is CNc1ccc(C(=O)N2CC(=O)N3CCc4ccccc4C3C2)cc1. The second kappa shape index (κ2) is 6.24. The van der Waals surface area contributed by atoms with Crippen LogP contribution in [0.4, 0.5) is 5.69 Å². The maximum Gasteiger partial charge on any atom is 0.254 e. The van der Waals surface area contributed by atoms with Crippen molar-refractivity contribution in [2.24, 2.45) is 0 Å². The maximum absolute atomic E-state index is 12.9. The minimum absolute atomic E-state index is 0.0333. The molecule has 5 nitrogen and oxygen atoms in total. The van der Waals surface area contributed by atoms with E-state index in [9.17, 15) is 9.59 Å². The van der Waals surface area contributed by atoms with Crippen molar-refractivity contribution >= 4 is 17.5 Å². The van der Waals surface area contributed by atoms with E-state index < -0.39 is 0 Å². The summed E-state index contributed by atoms with van der Waals surface area (Å²) in [5, 5.41) is 3.04. The lowest BCUT2D eigenvalue weighted by molar-refractivity contribution is -0.139. The normalized spacial score (nSPS) is 19.2. The number of fused-ring (bicyclic) bond motifs is 3. The molecule has 2 aromatic carbocycles. The highest BCUT2D eigenvalue weighted by Crippen LogP contribution is 2.33. The summed E-state index contributed by atoms with van der Waals surface area (Å²) < 4.78 is 0. The number of piperazine rings is 1. The third-order valence-electron chi connectivity index (χ3n) is 5.16. The largest absolute Gasteiger partial charge is 0.388 e. The van der Waals surface area contributed by atoms with Gasteiger partial charge in [-0.15, -0.1) is 0 Å². The van der Waals surface area contributed by atoms with E-state index >= 15 is 0 Å². The van der Waals surface area contributed by atoms with E-state index in [1.807, 2.05) is 36.2 Å². The molecule has 0 bridgehead atoms. The molecular formula is C20H21N3O2. The second-order valence-corrected chi connectivity index (χ2v) is 6.56. The number of hydrogen-bond acceptors (Lipinski definition) is 3. The van der Waals surface area contributed by atoms with Crippen molar-refractivity contribution in [3.05, 3.63) is 65.2 Å². The van der Waals surface area contributed by atoms with Crippen LogP contribution >= 0.6 is 0 Å². The Balaban J connectivity index is 1.60. The van der Waals surface area contributed by atoms with Crippen LogP contribution in [0.15, 0.2) is 48.5 Å². The van der Waals surface area contributed by atoms with Gasteiger partial charge in [0, 0.05) is 31.4 Å². The highest BCUT2D eigenvalue weighted by molar-refractivity contribution is 5.97. The van der Waals surface area contributed by atoms with Crippen molar-refractivity contribution in [1.82, 2.24) is 9.80 Å². The molecule has 5 heteroatoms. The predicted octanol–water partition coefficient (Wildman–Crippen LogP) is 2.31. The first-order valence-electron chi connectivity index (χ1n) is 8.62. The van der Waals surface area contributed by atoms with Crippen LogP contribution in [0.3, 0.4) is 0 Å². The van der Waals surface area contributed by atoms with Crippen LogP contribution in [-0.2, 0) is 11.2 Å². The lowest BCUT2D eigenvalue weighted by Crippen LogP contribution is -2.55. The average molecular weight is 335 g/mol. The molecule has 25 heavy (non-hydrogen) atoms. The molecule has 2 amide bonds. The van der Waals surface area contributed by atoms with E-state index in [0.717, 1.165) is 18.7 Å². The Kier molecular flexibility index (Phi) is 3.92. The molecule has 0 aliphatic carbocycles. The molecular weight excluding hydrogens is 314 g/mol. The molecule has 2 heterocycles. The van der Waals surface area contributed by atoms with E-state index in [-0.39, 0.29) is 24.4 Å². The summed E-state index contributed by atoms with van der Waals surface area (Å²) in [6.45, 7) is 1.44. The summed E-state index contributed by atoms with van der Waals surface area (Å²) in [5.41, 5.74) is 4.03. The topological polar surface area (TPSA) is 52.7 Å². The van der Waals surface area contributed by atoms with Crippen LogP contribution in [-0.4, -0.2) is 48.3 Å². The summed E-state index contributed by atoms with van der Waals surface area (Å²) >= 11 is 0. The molecule has 128 valence electrons. The molecule has 4 rings (SSSR count). The number of amides is 2. The summed E-state index contributed by atoms with van der Waals surface area (Å²) in [7, 11) is 1.84. The van der Waals surface area contributed by atoms with Gasteiger partial charge in [0.15, 0.2) is 0 Å². The zero-order valence-corrected chi connectivity index (χ0v) is 14.2. The van der Waals surface area contributed by atoms with E-state index in [1.54, 1.807) is 17.0 Å². The second-order valence-electron chi connectivity index (χ2n) is 6.56. The van der Waals surface area contributed by atoms with Crippen molar-refractivity contribution in [1.29, 1.82) is 0 Å². The Labute approximate surface area is 147 Å². The van der Waals surface area contributed by atoms with Crippen LogP contribution < -0.4 is 5.32 Å².